The van der Waals surface area contributed by atoms with E-state index in [-0.39, 0.29) is 73.9 Å². The van der Waals surface area contributed by atoms with Crippen LogP contribution < -0.4 is 59.1 Å². The van der Waals surface area contributed by atoms with Gasteiger partial charge in [-0.15, -0.1) is 0 Å². The molecule has 0 fully saturated rings. The third-order valence-electron chi connectivity index (χ3n) is 2.20. The standard InChI is InChI=1S/C12H22O3.2Na.2H/c1-3-5-7-9-11(13)15-12(14)10-8-6-4-2;;;;/h3-10H2,1-2H3;;;;/q;2*+1;2*-1. The fraction of sp³-hybridized carbons (Fsp3) is 0.833. The normalized spacial score (nSPS) is 8.82. The molecule has 0 atom stereocenters. The van der Waals surface area contributed by atoms with Crippen LogP contribution >= 0.6 is 0 Å². The molecule has 17 heavy (non-hydrogen) atoms. The Morgan fingerprint density at radius 2 is 1.18 bits per heavy atom. The van der Waals surface area contributed by atoms with Crippen molar-refractivity contribution in [3.05, 3.63) is 0 Å². The van der Waals surface area contributed by atoms with Gasteiger partial charge in [-0.3, -0.25) is 9.59 Å². The molecule has 3 nitrogen and oxygen atoms in total. The Labute approximate surface area is 152 Å². The van der Waals surface area contributed by atoms with Crippen molar-refractivity contribution in [2.45, 2.75) is 65.2 Å². The smallest absolute Gasteiger partial charge is 1.00 e. The number of esters is 2. The fourth-order valence-corrected chi connectivity index (χ4v) is 1.27. The Kier molecular flexibility index (Phi) is 23.4. The van der Waals surface area contributed by atoms with Gasteiger partial charge in [0.1, 0.15) is 0 Å². The molecule has 0 N–H and O–H groups in total. The van der Waals surface area contributed by atoms with Gasteiger partial charge in [0, 0.05) is 12.8 Å². The molecule has 0 aromatic heterocycles. The van der Waals surface area contributed by atoms with Crippen molar-refractivity contribution in [1.82, 2.24) is 0 Å². The first-order chi connectivity index (χ1) is 7.20. The second-order valence-electron chi connectivity index (χ2n) is 3.76. The second-order valence-corrected chi connectivity index (χ2v) is 3.76. The summed E-state index contributed by atoms with van der Waals surface area (Å²) in [6.07, 6.45) is 6.53. The van der Waals surface area contributed by atoms with E-state index < -0.39 is 0 Å². The predicted molar refractivity (Wildman–Crippen MR) is 61.6 cm³/mol. The molecule has 0 bridgehead atoms. The van der Waals surface area contributed by atoms with Crippen molar-refractivity contribution < 1.29 is 76.3 Å². The molecule has 0 amide bonds. The van der Waals surface area contributed by atoms with Gasteiger partial charge in [-0.25, -0.2) is 0 Å². The minimum absolute atomic E-state index is 0. The van der Waals surface area contributed by atoms with E-state index in [9.17, 15) is 9.59 Å². The molecule has 0 aliphatic carbocycles. The monoisotopic (exact) mass is 262 g/mol. The van der Waals surface area contributed by atoms with Gasteiger partial charge < -0.3 is 7.59 Å². The van der Waals surface area contributed by atoms with Crippen molar-refractivity contribution >= 4 is 11.9 Å². The maximum absolute atomic E-state index is 11.1. The fourth-order valence-electron chi connectivity index (χ4n) is 1.27. The Hall–Kier alpha value is 1.14. The molecule has 0 radical (unpaired) electrons. The molecule has 0 aromatic rings. The van der Waals surface area contributed by atoms with E-state index in [1.54, 1.807) is 0 Å². The van der Waals surface area contributed by atoms with Gasteiger partial charge in [0.15, 0.2) is 0 Å². The molecule has 0 saturated carbocycles. The summed E-state index contributed by atoms with van der Waals surface area (Å²) in [6, 6.07) is 0. The van der Waals surface area contributed by atoms with Gasteiger partial charge in [-0.1, -0.05) is 39.5 Å². The van der Waals surface area contributed by atoms with Crippen LogP contribution in [-0.4, -0.2) is 11.9 Å². The zero-order chi connectivity index (χ0) is 11.5. The minimum Gasteiger partial charge on any atom is -1.00 e. The molecule has 0 aliphatic rings. The zero-order valence-electron chi connectivity index (χ0n) is 13.9. The minimum atomic E-state index is -0.370. The van der Waals surface area contributed by atoms with Crippen LogP contribution in [0.15, 0.2) is 0 Å². The van der Waals surface area contributed by atoms with Gasteiger partial charge in [0.2, 0.25) is 0 Å². The third kappa shape index (κ3) is 17.1. The number of ether oxygens (including phenoxy) is 1. The summed E-state index contributed by atoms with van der Waals surface area (Å²) < 4.78 is 4.67. The van der Waals surface area contributed by atoms with E-state index in [0.717, 1.165) is 38.5 Å². The van der Waals surface area contributed by atoms with E-state index in [0.29, 0.717) is 12.8 Å². The molecular weight excluding hydrogens is 238 g/mol. The van der Waals surface area contributed by atoms with Crippen LogP contribution in [0.2, 0.25) is 0 Å². The van der Waals surface area contributed by atoms with Crippen LogP contribution in [0.5, 0.6) is 0 Å². The number of unbranched alkanes of at least 4 members (excludes halogenated alkanes) is 4. The Morgan fingerprint density at radius 1 is 0.824 bits per heavy atom. The SMILES string of the molecule is CCCCCC(=O)OC(=O)CCCCC.[H-].[H-].[Na+].[Na+]. The molecule has 0 heterocycles. The van der Waals surface area contributed by atoms with Crippen LogP contribution in [0.1, 0.15) is 68.1 Å². The Bertz CT molecular complexity index is 185. The largest absolute Gasteiger partial charge is 1.00 e. The molecule has 0 unspecified atom stereocenters. The first kappa shape index (κ1) is 23.2. The summed E-state index contributed by atoms with van der Waals surface area (Å²) in [5, 5.41) is 0. The summed E-state index contributed by atoms with van der Waals surface area (Å²) in [5.41, 5.74) is 0. The molecule has 0 saturated heterocycles. The van der Waals surface area contributed by atoms with Gasteiger partial charge >= 0.3 is 71.1 Å². The second kappa shape index (κ2) is 17.1. The number of rotatable bonds is 8. The van der Waals surface area contributed by atoms with Crippen LogP contribution in [0.4, 0.5) is 0 Å². The van der Waals surface area contributed by atoms with Crippen molar-refractivity contribution in [2.75, 3.05) is 0 Å². The number of hydrogen-bond donors (Lipinski definition) is 0. The molecule has 92 valence electrons. The predicted octanol–water partition coefficient (Wildman–Crippen LogP) is -2.55. The van der Waals surface area contributed by atoms with E-state index in [1.165, 1.54) is 0 Å². The summed E-state index contributed by atoms with van der Waals surface area (Å²) in [6.45, 7) is 4.14. The molecule has 0 spiro atoms. The maximum atomic E-state index is 11.1. The van der Waals surface area contributed by atoms with Crippen molar-refractivity contribution in [3.8, 4) is 0 Å². The van der Waals surface area contributed by atoms with Gasteiger partial charge in [0.25, 0.3) is 0 Å². The first-order valence-electron chi connectivity index (χ1n) is 5.94. The van der Waals surface area contributed by atoms with Gasteiger partial charge in [-0.05, 0) is 12.8 Å². The van der Waals surface area contributed by atoms with E-state index in [4.69, 9.17) is 0 Å². The van der Waals surface area contributed by atoms with E-state index in [2.05, 4.69) is 18.6 Å². The Balaban J connectivity index is -0.000000163. The van der Waals surface area contributed by atoms with Gasteiger partial charge in [0.05, 0.1) is 0 Å². The molecule has 0 aliphatic heterocycles. The first-order valence-corrected chi connectivity index (χ1v) is 5.94. The van der Waals surface area contributed by atoms with Crippen molar-refractivity contribution in [1.29, 1.82) is 0 Å². The molecule has 0 rings (SSSR count). The van der Waals surface area contributed by atoms with Crippen molar-refractivity contribution in [3.63, 3.8) is 0 Å². The Morgan fingerprint density at radius 3 is 1.47 bits per heavy atom. The molecular formula is C12H24Na2O3. The summed E-state index contributed by atoms with van der Waals surface area (Å²) in [5.74, 6) is -0.741. The average Bonchev–Trinajstić information content (AvgIpc) is 2.18. The average molecular weight is 262 g/mol. The maximum Gasteiger partial charge on any atom is 1.00 e. The number of hydrogen-bond acceptors (Lipinski definition) is 3. The van der Waals surface area contributed by atoms with Crippen LogP contribution in [0.3, 0.4) is 0 Å². The topological polar surface area (TPSA) is 43.4 Å². The quantitative estimate of drug-likeness (QED) is 0.209. The van der Waals surface area contributed by atoms with Crippen molar-refractivity contribution in [2.24, 2.45) is 0 Å². The molecule has 5 heteroatoms. The summed E-state index contributed by atoms with van der Waals surface area (Å²) in [4.78, 5) is 22.2. The number of carbonyl (C=O) groups excluding carboxylic acids is 2. The summed E-state index contributed by atoms with van der Waals surface area (Å²) >= 11 is 0. The van der Waals surface area contributed by atoms with Gasteiger partial charge in [-0.2, -0.15) is 0 Å². The van der Waals surface area contributed by atoms with Crippen LogP contribution in [-0.2, 0) is 14.3 Å². The van der Waals surface area contributed by atoms with Crippen LogP contribution in [0.25, 0.3) is 0 Å². The van der Waals surface area contributed by atoms with Crippen LogP contribution in [0, 0.1) is 0 Å². The zero-order valence-corrected chi connectivity index (χ0v) is 15.9. The third-order valence-corrected chi connectivity index (χ3v) is 2.20. The number of carbonyl (C=O) groups is 2. The van der Waals surface area contributed by atoms with E-state index >= 15 is 0 Å². The van der Waals surface area contributed by atoms with E-state index in [1.807, 2.05) is 0 Å². The summed E-state index contributed by atoms with van der Waals surface area (Å²) in [7, 11) is 0. The molecule has 0 aromatic carbocycles.